The summed E-state index contributed by atoms with van der Waals surface area (Å²) in [6.45, 7) is 5.14. The van der Waals surface area contributed by atoms with Gasteiger partial charge in [-0.2, -0.15) is 0 Å². The highest BCUT2D eigenvalue weighted by atomic mass is 35.5. The van der Waals surface area contributed by atoms with Gasteiger partial charge in [0.15, 0.2) is 0 Å². The van der Waals surface area contributed by atoms with E-state index in [-0.39, 0.29) is 12.4 Å². The van der Waals surface area contributed by atoms with E-state index in [4.69, 9.17) is 4.74 Å². The number of rotatable bonds is 1. The van der Waals surface area contributed by atoms with Crippen molar-refractivity contribution in [3.63, 3.8) is 0 Å². The fraction of sp³-hybridized carbons (Fsp3) is 0.909. The molecule has 16 heavy (non-hydrogen) atoms. The molecule has 1 spiro atoms. The maximum Gasteiger partial charge on any atom is 0.226 e. The van der Waals surface area contributed by atoms with Crippen molar-refractivity contribution in [1.29, 1.82) is 0 Å². The Kier molecular flexibility index (Phi) is 3.42. The Morgan fingerprint density at radius 1 is 1.38 bits per heavy atom. The predicted molar refractivity (Wildman–Crippen MR) is 62.7 cm³/mol. The summed E-state index contributed by atoms with van der Waals surface area (Å²) in [5, 5.41) is 3.37. The molecule has 1 N–H and O–H groups in total. The van der Waals surface area contributed by atoms with Crippen LogP contribution in [0, 0.1) is 11.3 Å². The molecule has 2 unspecified atom stereocenters. The minimum Gasteiger partial charge on any atom is -0.378 e. The van der Waals surface area contributed by atoms with Crippen molar-refractivity contribution >= 4 is 18.3 Å². The average molecular weight is 247 g/mol. The number of nitrogens with one attached hydrogen (secondary N) is 1. The Bertz CT molecular complexity index is 273. The molecule has 3 rings (SSSR count). The molecule has 3 fully saturated rings. The molecular weight excluding hydrogens is 228 g/mol. The molecule has 2 aliphatic heterocycles. The Morgan fingerprint density at radius 3 is 2.75 bits per heavy atom. The summed E-state index contributed by atoms with van der Waals surface area (Å²) in [6.07, 6.45) is 2.30. The lowest BCUT2D eigenvalue weighted by molar-refractivity contribution is -0.137. The molecule has 0 aromatic carbocycles. The lowest BCUT2D eigenvalue weighted by atomic mass is 10.0. The van der Waals surface area contributed by atoms with Gasteiger partial charge in [-0.05, 0) is 24.8 Å². The Hall–Kier alpha value is -0.320. The van der Waals surface area contributed by atoms with Crippen molar-refractivity contribution in [2.45, 2.75) is 12.8 Å². The third kappa shape index (κ3) is 1.94. The first-order valence-corrected chi connectivity index (χ1v) is 5.89. The molecule has 4 nitrogen and oxygen atoms in total. The quantitative estimate of drug-likeness (QED) is 0.722. The summed E-state index contributed by atoms with van der Waals surface area (Å²) >= 11 is 0. The highest BCUT2D eigenvalue weighted by Crippen LogP contribution is 2.57. The molecule has 0 radical (unpaired) electrons. The molecule has 0 bridgehead atoms. The minimum atomic E-state index is 0. The van der Waals surface area contributed by atoms with Gasteiger partial charge >= 0.3 is 0 Å². The van der Waals surface area contributed by atoms with Crippen molar-refractivity contribution in [1.82, 2.24) is 10.2 Å². The normalized spacial score (nSPS) is 37.2. The number of morpholine rings is 1. The van der Waals surface area contributed by atoms with Crippen molar-refractivity contribution in [2.24, 2.45) is 11.3 Å². The second-order valence-electron chi connectivity index (χ2n) is 4.98. The third-order valence-electron chi connectivity index (χ3n) is 4.09. The van der Waals surface area contributed by atoms with Crippen LogP contribution in [0.25, 0.3) is 0 Å². The molecule has 2 atom stereocenters. The molecule has 5 heteroatoms. The van der Waals surface area contributed by atoms with Gasteiger partial charge in [0.2, 0.25) is 5.91 Å². The SMILES string of the molecule is Cl.O=C(C1CC12CCNC2)N1CCOCC1. The number of amides is 1. The summed E-state index contributed by atoms with van der Waals surface area (Å²) in [5.41, 5.74) is 0.343. The Labute approximate surface area is 102 Å². The molecule has 1 amide bonds. The highest BCUT2D eigenvalue weighted by molar-refractivity contribution is 5.85. The number of carbonyl (C=O) groups excluding carboxylic acids is 1. The van der Waals surface area contributed by atoms with Crippen LogP contribution in [0.4, 0.5) is 0 Å². The second kappa shape index (κ2) is 4.51. The molecule has 92 valence electrons. The van der Waals surface area contributed by atoms with E-state index in [2.05, 4.69) is 5.32 Å². The van der Waals surface area contributed by atoms with Crippen molar-refractivity contribution < 1.29 is 9.53 Å². The largest absolute Gasteiger partial charge is 0.378 e. The second-order valence-corrected chi connectivity index (χ2v) is 4.98. The smallest absolute Gasteiger partial charge is 0.226 e. The van der Waals surface area contributed by atoms with Crippen LogP contribution in [0.5, 0.6) is 0 Å². The van der Waals surface area contributed by atoms with E-state index in [1.165, 1.54) is 6.42 Å². The number of hydrogen-bond acceptors (Lipinski definition) is 3. The first kappa shape index (κ1) is 12.1. The van der Waals surface area contributed by atoms with Gasteiger partial charge in [0.25, 0.3) is 0 Å². The molecule has 2 saturated heterocycles. The zero-order valence-corrected chi connectivity index (χ0v) is 10.2. The molecule has 3 aliphatic rings. The molecule has 2 heterocycles. The monoisotopic (exact) mass is 246 g/mol. The standard InChI is InChI=1S/C11H18N2O2.ClH/c14-10(13-3-5-15-6-4-13)9-7-11(9)1-2-12-8-11;/h9,12H,1-8H2;1H. The van der Waals surface area contributed by atoms with E-state index in [0.717, 1.165) is 32.6 Å². The van der Waals surface area contributed by atoms with Gasteiger partial charge in [-0.3, -0.25) is 4.79 Å². The predicted octanol–water partition coefficient (Wildman–Crippen LogP) is 0.267. The molecule has 0 aromatic rings. The lowest BCUT2D eigenvalue weighted by Gasteiger charge is -2.27. The summed E-state index contributed by atoms with van der Waals surface area (Å²) in [4.78, 5) is 14.2. The molecule has 1 aliphatic carbocycles. The Morgan fingerprint density at radius 2 is 2.12 bits per heavy atom. The van der Waals surface area contributed by atoms with Crippen LogP contribution in [0.1, 0.15) is 12.8 Å². The topological polar surface area (TPSA) is 41.6 Å². The molecular formula is C11H19ClN2O2. The number of hydrogen-bond donors (Lipinski definition) is 1. The van der Waals surface area contributed by atoms with Crippen LogP contribution in [0.3, 0.4) is 0 Å². The van der Waals surface area contributed by atoms with Gasteiger partial charge in [0.05, 0.1) is 13.2 Å². The van der Waals surface area contributed by atoms with Crippen LogP contribution >= 0.6 is 12.4 Å². The summed E-state index contributed by atoms with van der Waals surface area (Å²) < 4.78 is 5.26. The average Bonchev–Trinajstić information content (AvgIpc) is 2.77. The number of nitrogens with zero attached hydrogens (tertiary/aromatic N) is 1. The molecule has 1 saturated carbocycles. The Balaban J connectivity index is 0.000000963. The van der Waals surface area contributed by atoms with Crippen molar-refractivity contribution in [3.8, 4) is 0 Å². The van der Waals surface area contributed by atoms with Gasteiger partial charge < -0.3 is 15.0 Å². The van der Waals surface area contributed by atoms with Gasteiger partial charge in [-0.15, -0.1) is 12.4 Å². The first-order chi connectivity index (χ1) is 7.32. The zero-order valence-electron chi connectivity index (χ0n) is 9.41. The number of ether oxygens (including phenoxy) is 1. The van der Waals surface area contributed by atoms with Crippen LogP contribution < -0.4 is 5.32 Å². The van der Waals surface area contributed by atoms with E-state index in [9.17, 15) is 4.79 Å². The maximum absolute atomic E-state index is 12.2. The number of carbonyl (C=O) groups is 1. The summed E-state index contributed by atoms with van der Waals surface area (Å²) in [7, 11) is 0. The van der Waals surface area contributed by atoms with Crippen molar-refractivity contribution in [3.05, 3.63) is 0 Å². The van der Waals surface area contributed by atoms with Crippen LogP contribution in [-0.4, -0.2) is 50.2 Å². The van der Waals surface area contributed by atoms with Gasteiger partial charge in [-0.25, -0.2) is 0 Å². The minimum absolute atomic E-state index is 0. The fourth-order valence-corrected chi connectivity index (χ4v) is 2.94. The van der Waals surface area contributed by atoms with Gasteiger partial charge in [-0.1, -0.05) is 0 Å². The van der Waals surface area contributed by atoms with E-state index in [1.807, 2.05) is 4.90 Å². The van der Waals surface area contributed by atoms with Crippen LogP contribution in [0.2, 0.25) is 0 Å². The van der Waals surface area contributed by atoms with Crippen molar-refractivity contribution in [2.75, 3.05) is 39.4 Å². The van der Waals surface area contributed by atoms with E-state index >= 15 is 0 Å². The van der Waals surface area contributed by atoms with Crippen LogP contribution in [0.15, 0.2) is 0 Å². The summed E-state index contributed by atoms with van der Waals surface area (Å²) in [6, 6.07) is 0. The van der Waals surface area contributed by atoms with E-state index in [1.54, 1.807) is 0 Å². The summed E-state index contributed by atoms with van der Waals surface area (Å²) in [5.74, 6) is 0.688. The first-order valence-electron chi connectivity index (χ1n) is 5.89. The lowest BCUT2D eigenvalue weighted by Crippen LogP contribution is -2.42. The molecule has 0 aromatic heterocycles. The van der Waals surface area contributed by atoms with Gasteiger partial charge in [0.1, 0.15) is 0 Å². The maximum atomic E-state index is 12.2. The highest BCUT2D eigenvalue weighted by Gasteiger charge is 2.59. The van der Waals surface area contributed by atoms with E-state index in [0.29, 0.717) is 30.5 Å². The number of halogens is 1. The van der Waals surface area contributed by atoms with E-state index < -0.39 is 0 Å². The van der Waals surface area contributed by atoms with Crippen LogP contribution in [-0.2, 0) is 9.53 Å². The van der Waals surface area contributed by atoms with Gasteiger partial charge in [0, 0.05) is 25.6 Å². The fourth-order valence-electron chi connectivity index (χ4n) is 2.94. The zero-order chi connectivity index (χ0) is 10.3. The third-order valence-corrected chi connectivity index (χ3v) is 4.09.